The van der Waals surface area contributed by atoms with Crippen molar-refractivity contribution >= 4 is 0 Å². The van der Waals surface area contributed by atoms with Crippen LogP contribution in [0.4, 0.5) is 0 Å². The Balaban J connectivity index is 0.00000120. The fraction of sp³-hybridized carbons (Fsp3) is 0.600. The van der Waals surface area contributed by atoms with Gasteiger partial charge in [-0.2, -0.15) is 35.4 Å². The normalized spacial score (nSPS) is 26.3. The summed E-state index contributed by atoms with van der Waals surface area (Å²) in [7, 11) is 1.79. The average molecular weight is 237 g/mol. The molecule has 3 heteroatoms. The van der Waals surface area contributed by atoms with Crippen LogP contribution in [0, 0.1) is 6.07 Å². The number of likely N-dealkylation sites (tertiary alicyclic amines) is 1. The van der Waals surface area contributed by atoms with Crippen molar-refractivity contribution in [1.29, 1.82) is 0 Å². The molecule has 0 spiro atoms. The van der Waals surface area contributed by atoms with Crippen LogP contribution in [0.5, 0.6) is 0 Å². The summed E-state index contributed by atoms with van der Waals surface area (Å²) in [5.41, 5.74) is 3.02. The number of benzene rings is 1. The first kappa shape index (κ1) is 14.2. The topological polar surface area (TPSA) is 12.5 Å². The summed E-state index contributed by atoms with van der Waals surface area (Å²) in [5, 5.41) is 0. The summed E-state index contributed by atoms with van der Waals surface area (Å²) in [5.74, 6) is 0.719. The molecule has 2 aliphatic rings. The van der Waals surface area contributed by atoms with Gasteiger partial charge in [-0.3, -0.25) is 4.90 Å². The molecule has 0 unspecified atom stereocenters. The third kappa shape index (κ3) is 2.53. The van der Waals surface area contributed by atoms with Crippen molar-refractivity contribution in [3.8, 4) is 0 Å². The van der Waals surface area contributed by atoms with Crippen molar-refractivity contribution in [2.75, 3.05) is 26.8 Å². The first-order valence-electron chi connectivity index (χ1n) is 6.62. The molecule has 0 saturated carbocycles. The molecule has 2 atom stereocenters. The molecule has 1 aliphatic carbocycles. The van der Waals surface area contributed by atoms with E-state index in [-0.39, 0.29) is 18.9 Å². The smallest absolute Gasteiger partial charge is 0.383 e. The predicted octanol–water partition coefficient (Wildman–Crippen LogP) is -0.759. The third-order valence-electron chi connectivity index (χ3n) is 4.30. The Labute approximate surface area is 122 Å². The molecule has 0 N–H and O–H groups in total. The van der Waals surface area contributed by atoms with Crippen LogP contribution in [0.25, 0.3) is 0 Å². The Morgan fingerprint density at radius 3 is 3.17 bits per heavy atom. The van der Waals surface area contributed by atoms with Gasteiger partial charge >= 0.3 is 18.9 Å². The van der Waals surface area contributed by atoms with Crippen LogP contribution in [0.3, 0.4) is 0 Å². The van der Waals surface area contributed by atoms with Crippen molar-refractivity contribution in [1.82, 2.24) is 4.90 Å². The first-order chi connectivity index (χ1) is 8.40. The molecule has 0 amide bonds. The molecular weight excluding hydrogens is 217 g/mol. The molecule has 0 radical (unpaired) electrons. The molecule has 1 saturated heterocycles. The summed E-state index contributed by atoms with van der Waals surface area (Å²) in [6.45, 7) is 3.16. The average Bonchev–Trinajstić information content (AvgIpc) is 2.80. The Morgan fingerprint density at radius 2 is 2.33 bits per heavy atom. The quantitative estimate of drug-likeness (QED) is 0.506. The molecule has 92 valence electrons. The molecule has 1 aromatic carbocycles. The van der Waals surface area contributed by atoms with E-state index in [1.54, 1.807) is 7.11 Å². The van der Waals surface area contributed by atoms with Crippen LogP contribution in [-0.4, -0.2) is 37.7 Å². The molecule has 1 aromatic rings. The number of aryl methyl sites for hydroxylation is 1. The second-order valence-corrected chi connectivity index (χ2v) is 5.14. The first-order valence-corrected chi connectivity index (χ1v) is 6.62. The molecule has 1 heterocycles. The molecule has 1 fully saturated rings. The van der Waals surface area contributed by atoms with Gasteiger partial charge in [0.2, 0.25) is 0 Å². The Hall–Kier alpha value is -0.263. The van der Waals surface area contributed by atoms with Crippen LogP contribution in [0.1, 0.15) is 29.9 Å². The minimum atomic E-state index is 0. The Morgan fingerprint density at radius 1 is 1.44 bits per heavy atom. The van der Waals surface area contributed by atoms with Crippen LogP contribution in [0.2, 0.25) is 0 Å². The van der Waals surface area contributed by atoms with E-state index in [0.29, 0.717) is 0 Å². The second-order valence-electron chi connectivity index (χ2n) is 5.14. The number of hydrogen-bond acceptors (Lipinski definition) is 2. The number of nitrogens with zero attached hydrogens (tertiary/aromatic N) is 1. The van der Waals surface area contributed by atoms with Crippen molar-refractivity contribution in [2.45, 2.75) is 31.2 Å². The van der Waals surface area contributed by atoms with E-state index < -0.39 is 0 Å². The molecule has 18 heavy (non-hydrogen) atoms. The Bertz CT molecular complexity index is 396. The van der Waals surface area contributed by atoms with Crippen LogP contribution >= 0.6 is 0 Å². The molecule has 0 bridgehead atoms. The van der Waals surface area contributed by atoms with Gasteiger partial charge in [0, 0.05) is 19.7 Å². The number of ether oxygens (including phenoxy) is 1. The summed E-state index contributed by atoms with van der Waals surface area (Å²) in [4.78, 5) is 2.61. The maximum absolute atomic E-state index is 5.20. The maximum atomic E-state index is 5.20. The van der Waals surface area contributed by atoms with Gasteiger partial charge in [-0.1, -0.05) is 6.42 Å². The van der Waals surface area contributed by atoms with Crippen LogP contribution in [-0.2, 0) is 11.2 Å². The maximum Gasteiger partial charge on any atom is 1.00 e. The SMILES string of the molecule is COCCN1CC[C@H]2c3[c-]cccc3CC[C@H]21.[Li+]. The molecule has 0 aromatic heterocycles. The van der Waals surface area contributed by atoms with Crippen molar-refractivity contribution < 1.29 is 23.6 Å². The molecule has 2 nitrogen and oxygen atoms in total. The van der Waals surface area contributed by atoms with Gasteiger partial charge in [-0.05, 0) is 25.3 Å². The monoisotopic (exact) mass is 237 g/mol. The van der Waals surface area contributed by atoms with Crippen molar-refractivity contribution in [3.63, 3.8) is 0 Å². The number of methoxy groups -OCH3 is 1. The van der Waals surface area contributed by atoms with E-state index in [1.807, 2.05) is 0 Å². The van der Waals surface area contributed by atoms with E-state index in [9.17, 15) is 0 Å². The number of hydrogen-bond donors (Lipinski definition) is 0. The minimum Gasteiger partial charge on any atom is -0.383 e. The summed E-state index contributed by atoms with van der Waals surface area (Å²) in [6, 6.07) is 10.7. The fourth-order valence-electron chi connectivity index (χ4n) is 3.48. The second kappa shape index (κ2) is 6.26. The summed E-state index contributed by atoms with van der Waals surface area (Å²) >= 11 is 0. The molecule has 3 rings (SSSR count). The number of rotatable bonds is 3. The third-order valence-corrected chi connectivity index (χ3v) is 4.30. The standard InChI is InChI=1S/C15H20NO.Li/c1-17-11-10-16-9-8-14-13-5-3-2-4-12(13)6-7-15(14)16;/h2-4,14-15H,6-11H2,1H3;/q-1;+1/t14-,15+;/m0./s1. The largest absolute Gasteiger partial charge is 1.00 e. The Kier molecular flexibility index (Phi) is 4.92. The van der Waals surface area contributed by atoms with E-state index in [2.05, 4.69) is 29.2 Å². The van der Waals surface area contributed by atoms with E-state index in [0.717, 1.165) is 25.1 Å². The predicted molar refractivity (Wildman–Crippen MR) is 68.2 cm³/mol. The van der Waals surface area contributed by atoms with Gasteiger partial charge in [0.1, 0.15) is 0 Å². The zero-order chi connectivity index (χ0) is 11.7. The van der Waals surface area contributed by atoms with Gasteiger partial charge in [0.15, 0.2) is 0 Å². The van der Waals surface area contributed by atoms with Gasteiger partial charge in [0.25, 0.3) is 0 Å². The van der Waals surface area contributed by atoms with Crippen molar-refractivity contribution in [2.24, 2.45) is 0 Å². The van der Waals surface area contributed by atoms with Crippen molar-refractivity contribution in [3.05, 3.63) is 35.4 Å². The van der Waals surface area contributed by atoms with Crippen LogP contribution in [0.15, 0.2) is 18.2 Å². The van der Waals surface area contributed by atoms with Gasteiger partial charge in [0.05, 0.1) is 6.61 Å². The number of fused-ring (bicyclic) bond motifs is 3. The summed E-state index contributed by atoms with van der Waals surface area (Å²) in [6.07, 6.45) is 3.82. The zero-order valence-electron chi connectivity index (χ0n) is 11.5. The summed E-state index contributed by atoms with van der Waals surface area (Å²) < 4.78 is 5.20. The van der Waals surface area contributed by atoms with Crippen LogP contribution < -0.4 is 18.9 Å². The fourth-order valence-corrected chi connectivity index (χ4v) is 3.48. The zero-order valence-corrected chi connectivity index (χ0v) is 11.5. The van der Waals surface area contributed by atoms with E-state index in [1.165, 1.54) is 36.9 Å². The molecular formula is C15H20LiNO. The van der Waals surface area contributed by atoms with Gasteiger partial charge in [-0.15, -0.1) is 0 Å². The van der Waals surface area contributed by atoms with Gasteiger partial charge in [-0.25, -0.2) is 0 Å². The van der Waals surface area contributed by atoms with E-state index >= 15 is 0 Å². The van der Waals surface area contributed by atoms with Gasteiger partial charge < -0.3 is 4.74 Å². The minimum absolute atomic E-state index is 0. The van der Waals surface area contributed by atoms with E-state index in [4.69, 9.17) is 4.74 Å². The molecule has 1 aliphatic heterocycles.